The summed E-state index contributed by atoms with van der Waals surface area (Å²) in [4.78, 5) is 12.3. The molecule has 0 spiro atoms. The Bertz CT molecular complexity index is 577. The fourth-order valence-electron chi connectivity index (χ4n) is 2.64. The molecule has 0 fully saturated rings. The zero-order chi connectivity index (χ0) is 14.0. The van der Waals surface area contributed by atoms with E-state index in [9.17, 15) is 13.2 Å². The number of fused-ring (bicyclic) bond motifs is 1. The van der Waals surface area contributed by atoms with Crippen LogP contribution in [0.1, 0.15) is 36.8 Å². The van der Waals surface area contributed by atoms with Crippen LogP contribution in [-0.2, 0) is 25.5 Å². The van der Waals surface area contributed by atoms with Crippen LogP contribution in [0.25, 0.3) is 0 Å². The van der Waals surface area contributed by atoms with Crippen LogP contribution < -0.4 is 0 Å². The summed E-state index contributed by atoms with van der Waals surface area (Å²) in [5.41, 5.74) is 2.20. The van der Waals surface area contributed by atoms with Crippen molar-refractivity contribution in [3.05, 3.63) is 35.4 Å². The van der Waals surface area contributed by atoms with Crippen LogP contribution in [0.3, 0.4) is 0 Å². The van der Waals surface area contributed by atoms with Crippen molar-refractivity contribution in [3.63, 3.8) is 0 Å². The number of carbonyl (C=O) groups excluding carboxylic acids is 1. The van der Waals surface area contributed by atoms with Gasteiger partial charge in [0.2, 0.25) is 0 Å². The molecule has 1 aliphatic rings. The Morgan fingerprint density at radius 2 is 2.05 bits per heavy atom. The van der Waals surface area contributed by atoms with Gasteiger partial charge in [0.05, 0.1) is 6.26 Å². The molecule has 0 saturated carbocycles. The van der Waals surface area contributed by atoms with Crippen LogP contribution in [0.4, 0.5) is 0 Å². The van der Waals surface area contributed by atoms with E-state index in [0.29, 0.717) is 0 Å². The molecule has 0 saturated heterocycles. The van der Waals surface area contributed by atoms with E-state index in [0.717, 1.165) is 31.1 Å². The Morgan fingerprint density at radius 1 is 1.37 bits per heavy atom. The molecule has 4 nitrogen and oxygen atoms in total. The minimum absolute atomic E-state index is 0.155. The van der Waals surface area contributed by atoms with Crippen molar-refractivity contribution in [2.75, 3.05) is 6.26 Å². The molecule has 1 aromatic rings. The monoisotopic (exact) mass is 282 g/mol. The van der Waals surface area contributed by atoms with E-state index in [1.54, 1.807) is 0 Å². The quantitative estimate of drug-likeness (QED) is 0.793. The Balaban J connectivity index is 2.21. The number of ketones is 1. The second kappa shape index (κ2) is 5.43. The second-order valence-corrected chi connectivity index (χ2v) is 6.59. The zero-order valence-electron chi connectivity index (χ0n) is 11.1. The first kappa shape index (κ1) is 14.2. The van der Waals surface area contributed by atoms with Crippen molar-refractivity contribution in [1.29, 1.82) is 0 Å². The van der Waals surface area contributed by atoms with Gasteiger partial charge in [0.1, 0.15) is 6.10 Å². The van der Waals surface area contributed by atoms with Gasteiger partial charge in [0.25, 0.3) is 10.1 Å². The molecule has 19 heavy (non-hydrogen) atoms. The van der Waals surface area contributed by atoms with Gasteiger partial charge in [0, 0.05) is 5.92 Å². The first-order valence-corrected chi connectivity index (χ1v) is 8.20. The molecular formula is C14H18O4S. The minimum Gasteiger partial charge on any atom is -0.296 e. The van der Waals surface area contributed by atoms with Crippen LogP contribution in [0.5, 0.6) is 0 Å². The van der Waals surface area contributed by atoms with Crippen molar-refractivity contribution >= 4 is 15.9 Å². The maximum atomic E-state index is 12.3. The van der Waals surface area contributed by atoms with Gasteiger partial charge < -0.3 is 0 Å². The van der Waals surface area contributed by atoms with Crippen molar-refractivity contribution in [2.24, 2.45) is 0 Å². The van der Waals surface area contributed by atoms with Crippen LogP contribution >= 0.6 is 0 Å². The summed E-state index contributed by atoms with van der Waals surface area (Å²) < 4.78 is 27.0. The number of carbonyl (C=O) groups is 1. The first-order chi connectivity index (χ1) is 8.88. The van der Waals surface area contributed by atoms with Crippen molar-refractivity contribution in [1.82, 2.24) is 0 Å². The third kappa shape index (κ3) is 3.42. The van der Waals surface area contributed by atoms with E-state index in [1.807, 2.05) is 24.3 Å². The lowest BCUT2D eigenvalue weighted by molar-refractivity contribution is -0.126. The van der Waals surface area contributed by atoms with Crippen LogP contribution in [0, 0.1) is 0 Å². The molecule has 5 heteroatoms. The van der Waals surface area contributed by atoms with Gasteiger partial charge in [-0.2, -0.15) is 8.42 Å². The highest BCUT2D eigenvalue weighted by molar-refractivity contribution is 7.86. The van der Waals surface area contributed by atoms with Gasteiger partial charge in [-0.15, -0.1) is 0 Å². The minimum atomic E-state index is -3.61. The number of benzene rings is 1. The van der Waals surface area contributed by atoms with Crippen molar-refractivity contribution in [3.8, 4) is 0 Å². The predicted octanol–water partition coefficient (Wildman–Crippen LogP) is 2.04. The van der Waals surface area contributed by atoms with E-state index in [4.69, 9.17) is 4.18 Å². The summed E-state index contributed by atoms with van der Waals surface area (Å²) in [6.07, 6.45) is 2.71. The number of rotatable bonds is 4. The summed E-state index contributed by atoms with van der Waals surface area (Å²) in [7, 11) is -3.61. The highest BCUT2D eigenvalue weighted by Gasteiger charge is 2.31. The standard InChI is InChI=1S/C14H18O4S/c1-10(18-19(2,16)17)14(15)13-9-5-7-11-6-3-4-8-12(11)13/h3-4,6,8,10,13H,5,7,9H2,1-2H3. The average molecular weight is 282 g/mol. The topological polar surface area (TPSA) is 60.4 Å². The molecule has 2 unspecified atom stereocenters. The molecule has 0 amide bonds. The van der Waals surface area contributed by atoms with E-state index in [1.165, 1.54) is 12.5 Å². The Hall–Kier alpha value is -1.20. The molecule has 104 valence electrons. The molecule has 0 aromatic heterocycles. The fourth-order valence-corrected chi connectivity index (χ4v) is 3.26. The van der Waals surface area contributed by atoms with Gasteiger partial charge >= 0.3 is 0 Å². The lowest BCUT2D eigenvalue weighted by Gasteiger charge is -2.26. The Kier molecular flexibility index (Phi) is 4.06. The van der Waals surface area contributed by atoms with Crippen LogP contribution in [0.2, 0.25) is 0 Å². The number of hydrogen-bond acceptors (Lipinski definition) is 4. The van der Waals surface area contributed by atoms with E-state index < -0.39 is 16.2 Å². The van der Waals surface area contributed by atoms with Gasteiger partial charge in [0.15, 0.2) is 5.78 Å². The fraction of sp³-hybridized carbons (Fsp3) is 0.500. The number of Topliss-reactive ketones (excluding diaryl/α,β-unsaturated/α-hetero) is 1. The molecule has 2 atom stereocenters. The normalized spacial score (nSPS) is 20.6. The Morgan fingerprint density at radius 3 is 2.74 bits per heavy atom. The highest BCUT2D eigenvalue weighted by atomic mass is 32.2. The molecule has 1 aliphatic carbocycles. The van der Waals surface area contributed by atoms with Crippen molar-refractivity contribution < 1.29 is 17.4 Å². The SMILES string of the molecule is CC(OS(C)(=O)=O)C(=O)C1CCCc2ccccc21. The summed E-state index contributed by atoms with van der Waals surface area (Å²) >= 11 is 0. The lowest BCUT2D eigenvalue weighted by atomic mass is 9.79. The van der Waals surface area contributed by atoms with Gasteiger partial charge in [-0.3, -0.25) is 8.98 Å². The summed E-state index contributed by atoms with van der Waals surface area (Å²) in [6.45, 7) is 1.50. The van der Waals surface area contributed by atoms with E-state index >= 15 is 0 Å². The molecule has 0 bridgehead atoms. The Labute approximate surface area is 113 Å². The lowest BCUT2D eigenvalue weighted by Crippen LogP contribution is -2.30. The van der Waals surface area contributed by atoms with Crippen LogP contribution in [0.15, 0.2) is 24.3 Å². The molecule has 1 aromatic carbocycles. The molecular weight excluding hydrogens is 264 g/mol. The number of aryl methyl sites for hydroxylation is 1. The van der Waals surface area contributed by atoms with Crippen molar-refractivity contribution in [2.45, 2.75) is 38.2 Å². The van der Waals surface area contributed by atoms with Crippen LogP contribution in [-0.4, -0.2) is 26.6 Å². The third-order valence-corrected chi connectivity index (χ3v) is 4.07. The molecule has 0 aliphatic heterocycles. The van der Waals surface area contributed by atoms with E-state index in [-0.39, 0.29) is 11.7 Å². The molecule has 2 rings (SSSR count). The van der Waals surface area contributed by atoms with Gasteiger partial charge in [-0.25, -0.2) is 0 Å². The summed E-state index contributed by atoms with van der Waals surface area (Å²) in [6, 6.07) is 7.84. The second-order valence-electron chi connectivity index (χ2n) is 4.99. The molecule has 0 heterocycles. The van der Waals surface area contributed by atoms with Gasteiger partial charge in [-0.05, 0) is 37.3 Å². The maximum absolute atomic E-state index is 12.3. The predicted molar refractivity (Wildman–Crippen MR) is 72.5 cm³/mol. The zero-order valence-corrected chi connectivity index (χ0v) is 11.9. The summed E-state index contributed by atoms with van der Waals surface area (Å²) in [5.74, 6) is -0.403. The van der Waals surface area contributed by atoms with Gasteiger partial charge in [-0.1, -0.05) is 24.3 Å². The average Bonchev–Trinajstić information content (AvgIpc) is 2.35. The summed E-state index contributed by atoms with van der Waals surface area (Å²) in [5, 5.41) is 0. The first-order valence-electron chi connectivity index (χ1n) is 6.38. The molecule has 0 N–H and O–H groups in total. The maximum Gasteiger partial charge on any atom is 0.265 e. The molecule has 0 radical (unpaired) electrons. The largest absolute Gasteiger partial charge is 0.296 e. The number of hydrogen-bond donors (Lipinski definition) is 0. The smallest absolute Gasteiger partial charge is 0.265 e. The van der Waals surface area contributed by atoms with E-state index in [2.05, 4.69) is 0 Å². The highest BCUT2D eigenvalue weighted by Crippen LogP contribution is 2.33. The third-order valence-electron chi connectivity index (χ3n) is 3.43.